The zero-order valence-electron chi connectivity index (χ0n) is 18.3. The number of thiocarbonyl (C=S) groups is 1. The minimum Gasteiger partial charge on any atom is -0.494 e. The Labute approximate surface area is 198 Å². The first kappa shape index (κ1) is 22.4. The normalized spacial score (nSPS) is 14.0. The third-order valence-corrected chi connectivity index (χ3v) is 5.60. The van der Waals surface area contributed by atoms with E-state index in [1.807, 2.05) is 60.7 Å². The van der Waals surface area contributed by atoms with E-state index in [2.05, 4.69) is 6.92 Å². The number of nitrogens with zero attached hydrogens (tertiary/aromatic N) is 2. The predicted octanol–water partition coefficient (Wildman–Crippen LogP) is 5.61. The molecule has 0 N–H and O–H groups in total. The van der Waals surface area contributed by atoms with Gasteiger partial charge in [-0.1, -0.05) is 61.9 Å². The monoisotopic (exact) mass is 456 g/mol. The average Bonchev–Trinajstić information content (AvgIpc) is 2.84. The van der Waals surface area contributed by atoms with Crippen molar-refractivity contribution in [3.8, 4) is 5.75 Å². The summed E-state index contributed by atoms with van der Waals surface area (Å²) in [6, 6.07) is 25.6. The van der Waals surface area contributed by atoms with Gasteiger partial charge in [0.15, 0.2) is 5.11 Å². The van der Waals surface area contributed by atoms with Crippen molar-refractivity contribution in [2.24, 2.45) is 0 Å². The molecule has 0 saturated carbocycles. The number of amides is 2. The lowest BCUT2D eigenvalue weighted by atomic mass is 10.0. The van der Waals surface area contributed by atoms with Crippen molar-refractivity contribution in [2.75, 3.05) is 16.4 Å². The Bertz CT molecular complexity index is 1110. The molecule has 2 amide bonds. The fraction of sp³-hybridized carbons (Fsp3) is 0.148. The van der Waals surface area contributed by atoms with Crippen LogP contribution in [0.3, 0.4) is 0 Å². The standard InChI is InChI=1S/C27H24N2O3S/c1-2-3-18-32-23-16-14-20(15-17-23)19-24-25(30)28(21-10-6-4-7-11-21)27(33)29(26(24)31)22-12-8-5-9-13-22/h4-17,19H,2-3,18H2,1H3. The molecule has 0 bridgehead atoms. The van der Waals surface area contributed by atoms with Crippen LogP contribution in [0, 0.1) is 0 Å². The SMILES string of the molecule is CCCCOc1ccc(C=C2C(=O)N(c3ccccc3)C(=S)N(c3ccccc3)C2=O)cc1. The second kappa shape index (κ2) is 10.2. The molecule has 33 heavy (non-hydrogen) atoms. The summed E-state index contributed by atoms with van der Waals surface area (Å²) in [6.45, 7) is 2.77. The highest BCUT2D eigenvalue weighted by Gasteiger charge is 2.41. The van der Waals surface area contributed by atoms with E-state index in [4.69, 9.17) is 17.0 Å². The highest BCUT2D eigenvalue weighted by Crippen LogP contribution is 2.29. The number of para-hydroxylation sites is 2. The van der Waals surface area contributed by atoms with Crippen molar-refractivity contribution >= 4 is 46.6 Å². The Morgan fingerprint density at radius 1 is 0.788 bits per heavy atom. The van der Waals surface area contributed by atoms with Gasteiger partial charge in [0.1, 0.15) is 11.3 Å². The third kappa shape index (κ3) is 4.86. The van der Waals surface area contributed by atoms with Crippen LogP contribution in [0.5, 0.6) is 5.75 Å². The Hall–Kier alpha value is -3.77. The quantitative estimate of drug-likeness (QED) is 0.201. The van der Waals surface area contributed by atoms with Crippen LogP contribution in [-0.4, -0.2) is 23.5 Å². The molecule has 166 valence electrons. The molecule has 1 aliphatic rings. The topological polar surface area (TPSA) is 49.9 Å². The molecule has 0 aromatic heterocycles. The average molecular weight is 457 g/mol. The number of ether oxygens (including phenoxy) is 1. The van der Waals surface area contributed by atoms with Crippen molar-refractivity contribution in [1.82, 2.24) is 0 Å². The number of anilines is 2. The van der Waals surface area contributed by atoms with Gasteiger partial charge in [0, 0.05) is 0 Å². The molecule has 5 nitrogen and oxygen atoms in total. The minimum atomic E-state index is -0.452. The Balaban J connectivity index is 1.72. The lowest BCUT2D eigenvalue weighted by molar-refractivity contribution is -0.120. The zero-order chi connectivity index (χ0) is 23.2. The van der Waals surface area contributed by atoms with Crippen LogP contribution >= 0.6 is 12.2 Å². The van der Waals surface area contributed by atoms with Gasteiger partial charge in [-0.3, -0.25) is 19.4 Å². The maximum absolute atomic E-state index is 13.5. The number of carbonyl (C=O) groups excluding carboxylic acids is 2. The molecule has 6 heteroatoms. The van der Waals surface area contributed by atoms with E-state index in [1.54, 1.807) is 30.3 Å². The number of carbonyl (C=O) groups is 2. The van der Waals surface area contributed by atoms with Gasteiger partial charge in [0.25, 0.3) is 11.8 Å². The molecule has 0 unspecified atom stereocenters. The summed E-state index contributed by atoms with van der Waals surface area (Å²) in [4.78, 5) is 29.7. The number of hydrogen-bond acceptors (Lipinski definition) is 4. The summed E-state index contributed by atoms with van der Waals surface area (Å²) in [5, 5.41) is 0.124. The van der Waals surface area contributed by atoms with E-state index < -0.39 is 11.8 Å². The summed E-state index contributed by atoms with van der Waals surface area (Å²) in [7, 11) is 0. The first-order chi connectivity index (χ1) is 16.1. The summed E-state index contributed by atoms with van der Waals surface area (Å²) >= 11 is 5.62. The van der Waals surface area contributed by atoms with Gasteiger partial charge in [-0.2, -0.15) is 0 Å². The van der Waals surface area contributed by atoms with E-state index in [0.717, 1.165) is 24.2 Å². The van der Waals surface area contributed by atoms with Crippen LogP contribution in [0.2, 0.25) is 0 Å². The molecule has 1 fully saturated rings. The maximum Gasteiger partial charge on any atom is 0.270 e. The first-order valence-corrected chi connectivity index (χ1v) is 11.3. The lowest BCUT2D eigenvalue weighted by Gasteiger charge is -2.36. The Kier molecular flexibility index (Phi) is 6.95. The van der Waals surface area contributed by atoms with Crippen LogP contribution < -0.4 is 14.5 Å². The van der Waals surface area contributed by atoms with Gasteiger partial charge < -0.3 is 4.74 Å². The van der Waals surface area contributed by atoms with Crippen LogP contribution in [0.15, 0.2) is 90.5 Å². The fourth-order valence-corrected chi connectivity index (χ4v) is 3.88. The van der Waals surface area contributed by atoms with E-state index in [9.17, 15) is 9.59 Å². The predicted molar refractivity (Wildman–Crippen MR) is 135 cm³/mol. The van der Waals surface area contributed by atoms with Gasteiger partial charge in [-0.15, -0.1) is 0 Å². The second-order valence-corrected chi connectivity index (χ2v) is 7.93. The number of unbranched alkanes of at least 4 members (excludes halogenated alkanes) is 1. The number of benzene rings is 3. The molecule has 0 radical (unpaired) electrons. The Morgan fingerprint density at radius 3 is 1.79 bits per heavy atom. The Morgan fingerprint density at radius 2 is 1.30 bits per heavy atom. The highest BCUT2D eigenvalue weighted by molar-refractivity contribution is 7.81. The molecule has 4 rings (SSSR count). The highest BCUT2D eigenvalue weighted by atomic mass is 32.1. The summed E-state index contributed by atoms with van der Waals surface area (Å²) in [5.74, 6) is -0.150. The van der Waals surface area contributed by atoms with Crippen LogP contribution in [0.4, 0.5) is 11.4 Å². The fourth-order valence-electron chi connectivity index (χ4n) is 3.50. The summed E-state index contributed by atoms with van der Waals surface area (Å²) < 4.78 is 5.71. The minimum absolute atomic E-state index is 0.0379. The summed E-state index contributed by atoms with van der Waals surface area (Å²) in [5.41, 5.74) is 1.97. The second-order valence-electron chi connectivity index (χ2n) is 7.56. The smallest absolute Gasteiger partial charge is 0.270 e. The zero-order valence-corrected chi connectivity index (χ0v) is 19.1. The molecule has 1 heterocycles. The van der Waals surface area contributed by atoms with Crippen molar-refractivity contribution in [3.63, 3.8) is 0 Å². The van der Waals surface area contributed by atoms with Gasteiger partial charge in [-0.05, 0) is 66.7 Å². The molecular weight excluding hydrogens is 432 g/mol. The molecule has 0 spiro atoms. The lowest BCUT2D eigenvalue weighted by Crippen LogP contribution is -2.56. The van der Waals surface area contributed by atoms with Crippen LogP contribution in [0.25, 0.3) is 6.08 Å². The van der Waals surface area contributed by atoms with Gasteiger partial charge in [-0.25, -0.2) is 0 Å². The number of rotatable bonds is 7. The molecule has 1 saturated heterocycles. The van der Waals surface area contributed by atoms with Gasteiger partial charge >= 0.3 is 0 Å². The van der Waals surface area contributed by atoms with Crippen molar-refractivity contribution in [1.29, 1.82) is 0 Å². The van der Waals surface area contributed by atoms with E-state index in [0.29, 0.717) is 18.0 Å². The van der Waals surface area contributed by atoms with Gasteiger partial charge in [0.2, 0.25) is 0 Å². The largest absolute Gasteiger partial charge is 0.494 e. The van der Waals surface area contributed by atoms with E-state index in [-0.39, 0.29) is 10.7 Å². The molecule has 1 aliphatic heterocycles. The molecule has 0 aliphatic carbocycles. The third-order valence-electron chi connectivity index (χ3n) is 5.24. The molecule has 3 aromatic carbocycles. The number of hydrogen-bond donors (Lipinski definition) is 0. The van der Waals surface area contributed by atoms with Crippen molar-refractivity contribution in [2.45, 2.75) is 19.8 Å². The molecule has 0 atom stereocenters. The van der Waals surface area contributed by atoms with Crippen molar-refractivity contribution < 1.29 is 14.3 Å². The van der Waals surface area contributed by atoms with Gasteiger partial charge in [0.05, 0.1) is 18.0 Å². The van der Waals surface area contributed by atoms with Crippen LogP contribution in [0.1, 0.15) is 25.3 Å². The molecule has 3 aromatic rings. The maximum atomic E-state index is 13.5. The summed E-state index contributed by atoms with van der Waals surface area (Å²) in [6.07, 6.45) is 3.65. The first-order valence-electron chi connectivity index (χ1n) is 10.9. The van der Waals surface area contributed by atoms with Crippen LogP contribution in [-0.2, 0) is 9.59 Å². The van der Waals surface area contributed by atoms with E-state index in [1.165, 1.54) is 9.80 Å². The van der Waals surface area contributed by atoms with Crippen molar-refractivity contribution in [3.05, 3.63) is 96.1 Å². The van der Waals surface area contributed by atoms with E-state index >= 15 is 0 Å². The molecular formula is C27H24N2O3S.